The molecule has 1 rings (SSSR count). The van der Waals surface area contributed by atoms with Crippen LogP contribution in [0.15, 0.2) is 13.5 Å². The molecule has 0 amide bonds. The van der Waals surface area contributed by atoms with Gasteiger partial charge in [0.05, 0.1) is 79.3 Å². The third-order valence-corrected chi connectivity index (χ3v) is 16.2. The van der Waals surface area contributed by atoms with Crippen LogP contribution in [0.2, 0.25) is 0 Å². The van der Waals surface area contributed by atoms with Crippen LogP contribution in [-0.2, 0) is 42.0 Å². The van der Waals surface area contributed by atoms with E-state index < -0.39 is 22.7 Å². The van der Waals surface area contributed by atoms with E-state index in [0.29, 0.717) is 79.1 Å². The van der Waals surface area contributed by atoms with Gasteiger partial charge in [0.25, 0.3) is 22.7 Å². The maximum absolute atomic E-state index is 6.71. The number of ether oxygens (including phenoxy) is 6. The quantitative estimate of drug-likeness (QED) is 0.0623. The zero-order valence-electron chi connectivity index (χ0n) is 33.0. The maximum atomic E-state index is 6.71. The summed E-state index contributed by atoms with van der Waals surface area (Å²) in [6, 6.07) is 0. The zero-order chi connectivity index (χ0) is 37.7. The standard InChI is InChI=1S/C30H72N9O9P3/c1-37(2)16-10-13-31-49(46-28-25-43-22-19-40-7)34-50(32-14-11-17-38(3)4,47-29-26-44-23-20-41-8)36-51(35-49,33-15-12-18-39(5)6)48-30-27-45-24-21-42-9/h31-33H,10-30H2,1-9H3. The number of methoxy groups -OCH3 is 3. The highest BCUT2D eigenvalue weighted by atomic mass is 31.3. The molecular formula is C30H72N9O9P3. The highest BCUT2D eigenvalue weighted by molar-refractivity contribution is 7.81. The van der Waals surface area contributed by atoms with Crippen molar-refractivity contribution >= 4 is 22.7 Å². The van der Waals surface area contributed by atoms with Crippen molar-refractivity contribution in [3.63, 3.8) is 0 Å². The van der Waals surface area contributed by atoms with Gasteiger partial charge in [-0.1, -0.05) is 0 Å². The van der Waals surface area contributed by atoms with Crippen LogP contribution in [0.3, 0.4) is 0 Å². The van der Waals surface area contributed by atoms with Gasteiger partial charge in [0.15, 0.2) is 0 Å². The summed E-state index contributed by atoms with van der Waals surface area (Å²) in [7, 11) is 7.81. The second kappa shape index (κ2) is 30.3. The fraction of sp³-hybridized carbons (Fsp3) is 1.00. The van der Waals surface area contributed by atoms with E-state index in [9.17, 15) is 0 Å². The third-order valence-electron chi connectivity index (χ3n) is 6.82. The molecule has 0 atom stereocenters. The predicted molar refractivity (Wildman–Crippen MR) is 208 cm³/mol. The van der Waals surface area contributed by atoms with Crippen LogP contribution in [0, 0.1) is 0 Å². The van der Waals surface area contributed by atoms with Crippen LogP contribution in [0.4, 0.5) is 0 Å². The molecule has 0 aliphatic carbocycles. The van der Waals surface area contributed by atoms with Crippen LogP contribution in [-0.4, -0.2) is 197 Å². The molecule has 0 saturated carbocycles. The minimum atomic E-state index is -3.16. The van der Waals surface area contributed by atoms with Crippen LogP contribution < -0.4 is 15.3 Å². The SMILES string of the molecule is COCCOCCOP1(NCCCN(C)C)=NP(NCCCN(C)C)(OCCOCCOC)=NP(NCCCN(C)C)(OCCOCCOC)=N1. The molecule has 0 aromatic rings. The van der Waals surface area contributed by atoms with E-state index in [0.717, 1.165) is 38.9 Å². The van der Waals surface area contributed by atoms with Crippen molar-refractivity contribution in [2.24, 2.45) is 13.5 Å². The van der Waals surface area contributed by atoms with Gasteiger partial charge in [-0.15, -0.1) is 0 Å². The molecule has 3 N–H and O–H groups in total. The number of nitrogens with one attached hydrogen (secondary N) is 3. The highest BCUT2D eigenvalue weighted by Crippen LogP contribution is 2.75. The van der Waals surface area contributed by atoms with E-state index in [1.54, 1.807) is 21.3 Å². The second-order valence-corrected chi connectivity index (χ2v) is 19.5. The largest absolute Gasteiger partial charge is 0.382 e. The minimum absolute atomic E-state index is 0.257. The van der Waals surface area contributed by atoms with Gasteiger partial charge >= 0.3 is 0 Å². The summed E-state index contributed by atoms with van der Waals surface area (Å²) in [5.74, 6) is 0. The van der Waals surface area contributed by atoms with E-state index >= 15 is 0 Å². The molecule has 51 heavy (non-hydrogen) atoms. The van der Waals surface area contributed by atoms with Crippen LogP contribution in [0.25, 0.3) is 0 Å². The van der Waals surface area contributed by atoms with E-state index in [2.05, 4.69) is 72.2 Å². The Morgan fingerprint density at radius 2 is 0.647 bits per heavy atom. The predicted octanol–water partition coefficient (Wildman–Crippen LogP) is 3.50. The van der Waals surface area contributed by atoms with E-state index in [1.165, 1.54) is 0 Å². The van der Waals surface area contributed by atoms with Crippen LogP contribution in [0.1, 0.15) is 19.3 Å². The van der Waals surface area contributed by atoms with Gasteiger partial charge in [0.2, 0.25) is 0 Å². The van der Waals surface area contributed by atoms with Gasteiger partial charge in [-0.25, -0.2) is 15.3 Å². The smallest absolute Gasteiger partial charge is 0.281 e. The Balaban J connectivity index is 3.76. The Hall–Kier alpha value is 0.0900. The molecule has 0 fully saturated rings. The van der Waals surface area contributed by atoms with E-state index in [-0.39, 0.29) is 19.8 Å². The van der Waals surface area contributed by atoms with Crippen LogP contribution >= 0.6 is 22.7 Å². The Morgan fingerprint density at radius 3 is 0.882 bits per heavy atom. The van der Waals surface area contributed by atoms with Crippen molar-refractivity contribution < 1.29 is 42.0 Å². The summed E-state index contributed by atoms with van der Waals surface area (Å²) in [6.07, 6.45) is 2.57. The summed E-state index contributed by atoms with van der Waals surface area (Å²) in [6.45, 7) is 9.16. The van der Waals surface area contributed by atoms with E-state index in [1.807, 2.05) is 0 Å². The lowest BCUT2D eigenvalue weighted by atomic mass is 10.4. The van der Waals surface area contributed by atoms with Gasteiger partial charge in [-0.2, -0.15) is 13.5 Å². The van der Waals surface area contributed by atoms with Crippen molar-refractivity contribution in [1.29, 1.82) is 0 Å². The zero-order valence-corrected chi connectivity index (χ0v) is 35.7. The van der Waals surface area contributed by atoms with Crippen molar-refractivity contribution in [1.82, 2.24) is 30.0 Å². The first-order valence-corrected chi connectivity index (χ1v) is 22.6. The van der Waals surface area contributed by atoms with Gasteiger partial charge in [0.1, 0.15) is 0 Å². The number of hydrogen-bond acceptors (Lipinski definition) is 18. The van der Waals surface area contributed by atoms with Gasteiger partial charge in [-0.3, -0.25) is 0 Å². The van der Waals surface area contributed by atoms with Gasteiger partial charge < -0.3 is 56.7 Å². The summed E-state index contributed by atoms with van der Waals surface area (Å²) in [5, 5.41) is 10.9. The molecule has 306 valence electrons. The fourth-order valence-electron chi connectivity index (χ4n) is 4.29. The van der Waals surface area contributed by atoms with Crippen molar-refractivity contribution in [2.45, 2.75) is 19.3 Å². The molecule has 0 aromatic carbocycles. The molecule has 18 nitrogen and oxygen atoms in total. The summed E-state index contributed by atoms with van der Waals surface area (Å²) in [4.78, 5) is 6.44. The maximum Gasteiger partial charge on any atom is 0.281 e. The number of hydrogen-bond donors (Lipinski definition) is 3. The van der Waals surface area contributed by atoms with Crippen molar-refractivity contribution in [2.75, 3.05) is 182 Å². The lowest BCUT2D eigenvalue weighted by Gasteiger charge is -2.36. The average molecular weight is 796 g/mol. The third kappa shape index (κ3) is 24.3. The normalized spacial score (nSPS) is 22.1. The lowest BCUT2D eigenvalue weighted by Crippen LogP contribution is -2.26. The molecular weight excluding hydrogens is 723 g/mol. The molecule has 0 saturated heterocycles. The second-order valence-electron chi connectivity index (χ2n) is 12.4. The Kier molecular flexibility index (Phi) is 29.2. The average Bonchev–Trinajstić information content (AvgIpc) is 3.08. The monoisotopic (exact) mass is 795 g/mol. The summed E-state index contributed by atoms with van der Waals surface area (Å²) < 4.78 is 69.0. The molecule has 1 aliphatic rings. The lowest BCUT2D eigenvalue weighted by molar-refractivity contribution is 0.0545. The molecule has 0 unspecified atom stereocenters. The fourth-order valence-corrected chi connectivity index (χ4v) is 15.0. The first-order chi connectivity index (χ1) is 24.6. The van der Waals surface area contributed by atoms with Gasteiger partial charge in [0, 0.05) is 41.0 Å². The summed E-state index contributed by atoms with van der Waals surface area (Å²) >= 11 is 0. The topological polar surface area (TPSA) is 166 Å². The van der Waals surface area contributed by atoms with Crippen LogP contribution in [0.5, 0.6) is 0 Å². The van der Waals surface area contributed by atoms with Gasteiger partial charge in [-0.05, 0) is 81.2 Å². The molecule has 0 spiro atoms. The minimum Gasteiger partial charge on any atom is -0.382 e. The molecule has 0 bridgehead atoms. The van der Waals surface area contributed by atoms with E-state index in [4.69, 9.17) is 55.5 Å². The Labute approximate surface area is 309 Å². The molecule has 1 heterocycles. The Morgan fingerprint density at radius 1 is 0.392 bits per heavy atom. The molecule has 0 aromatic heterocycles. The van der Waals surface area contributed by atoms with Crippen molar-refractivity contribution in [3.8, 4) is 0 Å². The molecule has 1 aliphatic heterocycles. The first-order valence-electron chi connectivity index (χ1n) is 17.8. The first kappa shape index (κ1) is 49.1. The number of nitrogens with zero attached hydrogens (tertiary/aromatic N) is 6. The highest BCUT2D eigenvalue weighted by Gasteiger charge is 2.40. The molecule has 21 heteroatoms. The van der Waals surface area contributed by atoms with Crippen molar-refractivity contribution in [3.05, 3.63) is 0 Å². The summed E-state index contributed by atoms with van der Waals surface area (Å²) in [5.41, 5.74) is 0. The number of rotatable bonds is 36. The Bertz CT molecular complexity index is 891. The molecule has 0 radical (unpaired) electrons.